The predicted octanol–water partition coefficient (Wildman–Crippen LogP) is 3.86. The van der Waals surface area contributed by atoms with E-state index >= 15 is 0 Å². The van der Waals surface area contributed by atoms with Crippen molar-refractivity contribution in [2.45, 2.75) is 97.0 Å². The third-order valence-corrected chi connectivity index (χ3v) is 5.85. The second-order valence-electron chi connectivity index (χ2n) is 10.9. The Hall–Kier alpha value is -2.42. The maximum Gasteiger partial charge on any atom is 0.408 e. The molecule has 8 nitrogen and oxygen atoms in total. The number of hydrogen-bond donors (Lipinski definition) is 4. The van der Waals surface area contributed by atoms with Gasteiger partial charge >= 0.3 is 6.09 Å². The number of thiol groups is 1. The van der Waals surface area contributed by atoms with Crippen LogP contribution in [-0.2, 0) is 14.3 Å². The van der Waals surface area contributed by atoms with Gasteiger partial charge in [-0.25, -0.2) is 4.79 Å². The second kappa shape index (κ2) is 10.9. The van der Waals surface area contributed by atoms with Crippen LogP contribution in [0.1, 0.15) is 78.0 Å². The van der Waals surface area contributed by atoms with E-state index in [1.54, 1.807) is 45.9 Å². The van der Waals surface area contributed by atoms with Crippen LogP contribution in [0.2, 0.25) is 0 Å². The molecule has 1 aromatic carbocycles. The zero-order valence-corrected chi connectivity index (χ0v) is 22.2. The minimum absolute atomic E-state index is 0.0225. The van der Waals surface area contributed by atoms with Gasteiger partial charge in [-0.3, -0.25) is 9.59 Å². The Morgan fingerprint density at radius 3 is 2.26 bits per heavy atom. The Balaban J connectivity index is 2.50. The molecule has 0 radical (unpaired) electrons. The summed E-state index contributed by atoms with van der Waals surface area (Å²) in [5.74, 6) is -0.852. The summed E-state index contributed by atoms with van der Waals surface area (Å²) in [7, 11) is 0. The highest BCUT2D eigenvalue weighted by Crippen LogP contribution is 2.38. The highest BCUT2D eigenvalue weighted by molar-refractivity contribution is 7.80. The number of carbonyl (C=O) groups excluding carboxylic acids is 3. The molecule has 1 aliphatic rings. The third-order valence-electron chi connectivity index (χ3n) is 5.48. The normalized spacial score (nSPS) is 16.1. The van der Waals surface area contributed by atoms with Crippen molar-refractivity contribution in [2.24, 2.45) is 0 Å². The first kappa shape index (κ1) is 27.8. The minimum atomic E-state index is -1.07. The molecular formula is C25H39N3O5S. The molecule has 0 spiro atoms. The molecule has 1 fully saturated rings. The van der Waals surface area contributed by atoms with Crippen molar-refractivity contribution in [3.05, 3.63) is 29.3 Å². The molecule has 0 aliphatic heterocycles. The Morgan fingerprint density at radius 2 is 1.79 bits per heavy atom. The number of phenolic OH excluding ortho intramolecular Hbond substituents is 1. The van der Waals surface area contributed by atoms with E-state index in [9.17, 15) is 19.5 Å². The number of carbonyl (C=O) groups is 3. The number of aryl methyl sites for hydroxylation is 1. The maximum absolute atomic E-state index is 13.8. The Bertz CT molecular complexity index is 903. The van der Waals surface area contributed by atoms with Crippen LogP contribution in [0, 0.1) is 6.92 Å². The van der Waals surface area contributed by atoms with Gasteiger partial charge in [0.05, 0.1) is 0 Å². The van der Waals surface area contributed by atoms with Gasteiger partial charge in [-0.1, -0.05) is 18.2 Å². The highest BCUT2D eigenvalue weighted by Gasteiger charge is 2.43. The van der Waals surface area contributed by atoms with E-state index in [0.717, 1.165) is 19.3 Å². The van der Waals surface area contributed by atoms with Gasteiger partial charge in [-0.15, -0.1) is 0 Å². The fraction of sp³-hybridized carbons (Fsp3) is 0.640. The number of hydrogen-bond acceptors (Lipinski definition) is 6. The van der Waals surface area contributed by atoms with Gasteiger partial charge in [-0.2, -0.15) is 12.6 Å². The Labute approximate surface area is 208 Å². The van der Waals surface area contributed by atoms with Crippen molar-refractivity contribution in [1.29, 1.82) is 0 Å². The molecular weight excluding hydrogens is 454 g/mol. The standard InChI is InChI=1S/C25H39N3O5S/c1-15-10-8-13-17(20(15)29)19(21(30)27-24(2,3)4)28(16-11-9-12-16)22(31)18(14-34)26-23(32)33-25(5,6)7/h8,10,13,16,18-19,29,34H,9,11-12,14H2,1-7H3,(H,26,32)(H,27,30). The van der Waals surface area contributed by atoms with E-state index in [-0.39, 0.29) is 17.5 Å². The smallest absolute Gasteiger partial charge is 0.408 e. The van der Waals surface area contributed by atoms with Crippen molar-refractivity contribution >= 4 is 30.5 Å². The van der Waals surface area contributed by atoms with Crippen LogP contribution in [0.3, 0.4) is 0 Å². The molecule has 0 heterocycles. The first-order chi connectivity index (χ1) is 15.6. The molecule has 3 amide bonds. The topological polar surface area (TPSA) is 108 Å². The zero-order chi connectivity index (χ0) is 25.8. The molecule has 0 aromatic heterocycles. The number of ether oxygens (including phenoxy) is 1. The summed E-state index contributed by atoms with van der Waals surface area (Å²) in [6, 6.07) is 2.88. The molecule has 0 bridgehead atoms. The molecule has 1 aliphatic carbocycles. The lowest BCUT2D eigenvalue weighted by Gasteiger charge is -2.44. The first-order valence-electron chi connectivity index (χ1n) is 11.7. The lowest BCUT2D eigenvalue weighted by Crippen LogP contribution is -2.59. The van der Waals surface area contributed by atoms with Crippen molar-refractivity contribution in [3.63, 3.8) is 0 Å². The lowest BCUT2D eigenvalue weighted by atomic mass is 9.87. The zero-order valence-electron chi connectivity index (χ0n) is 21.3. The fourth-order valence-corrected chi connectivity index (χ4v) is 4.00. The first-order valence-corrected chi connectivity index (χ1v) is 12.3. The number of nitrogens with one attached hydrogen (secondary N) is 2. The van der Waals surface area contributed by atoms with E-state index in [1.807, 2.05) is 20.8 Å². The van der Waals surface area contributed by atoms with Crippen molar-refractivity contribution < 1.29 is 24.2 Å². The second-order valence-corrected chi connectivity index (χ2v) is 11.2. The van der Waals surface area contributed by atoms with Crippen molar-refractivity contribution in [2.75, 3.05) is 5.75 Å². The monoisotopic (exact) mass is 493 g/mol. The summed E-state index contributed by atoms with van der Waals surface area (Å²) in [6.45, 7) is 12.5. The number of nitrogens with zero attached hydrogens (tertiary/aromatic N) is 1. The molecule has 34 heavy (non-hydrogen) atoms. The van der Waals surface area contributed by atoms with Gasteiger partial charge in [0, 0.05) is 22.9 Å². The maximum atomic E-state index is 13.8. The molecule has 9 heteroatoms. The molecule has 2 atom stereocenters. The molecule has 2 unspecified atom stereocenters. The Kier molecular flexibility index (Phi) is 8.91. The quantitative estimate of drug-likeness (QED) is 0.432. The summed E-state index contributed by atoms with van der Waals surface area (Å²) in [6.07, 6.45) is 1.64. The molecule has 0 saturated heterocycles. The van der Waals surface area contributed by atoms with E-state index in [4.69, 9.17) is 4.74 Å². The molecule has 3 N–H and O–H groups in total. The fourth-order valence-electron chi connectivity index (χ4n) is 3.76. The number of phenols is 1. The van der Waals surface area contributed by atoms with Gasteiger partial charge in [0.1, 0.15) is 23.4 Å². The number of rotatable bonds is 7. The number of benzene rings is 1. The summed E-state index contributed by atoms with van der Waals surface area (Å²) < 4.78 is 5.32. The van der Waals surface area contributed by atoms with Crippen molar-refractivity contribution in [1.82, 2.24) is 15.5 Å². The molecule has 2 rings (SSSR count). The molecule has 1 saturated carbocycles. The van der Waals surface area contributed by atoms with E-state index in [2.05, 4.69) is 23.3 Å². The summed E-state index contributed by atoms with van der Waals surface area (Å²) in [4.78, 5) is 41.3. The minimum Gasteiger partial charge on any atom is -0.507 e. The van der Waals surface area contributed by atoms with E-state index in [1.165, 1.54) is 4.90 Å². The average molecular weight is 494 g/mol. The summed E-state index contributed by atoms with van der Waals surface area (Å²) in [5.41, 5.74) is -0.340. The predicted molar refractivity (Wildman–Crippen MR) is 135 cm³/mol. The van der Waals surface area contributed by atoms with Crippen LogP contribution in [0.15, 0.2) is 18.2 Å². The summed E-state index contributed by atoms with van der Waals surface area (Å²) in [5, 5.41) is 16.4. The molecule has 1 aromatic rings. The van der Waals surface area contributed by atoms with Crippen LogP contribution in [0.5, 0.6) is 5.75 Å². The number of aromatic hydroxyl groups is 1. The largest absolute Gasteiger partial charge is 0.507 e. The van der Waals surface area contributed by atoms with Crippen LogP contribution in [-0.4, -0.2) is 56.9 Å². The van der Waals surface area contributed by atoms with Gasteiger partial charge in [0.2, 0.25) is 11.8 Å². The Morgan fingerprint density at radius 1 is 1.18 bits per heavy atom. The number of amides is 3. The van der Waals surface area contributed by atoms with Gasteiger partial charge in [0.15, 0.2) is 0 Å². The lowest BCUT2D eigenvalue weighted by molar-refractivity contribution is -0.147. The van der Waals surface area contributed by atoms with Crippen LogP contribution < -0.4 is 10.6 Å². The molecule has 190 valence electrons. The van der Waals surface area contributed by atoms with E-state index < -0.39 is 41.1 Å². The van der Waals surface area contributed by atoms with Gasteiger partial charge in [-0.05, 0) is 73.3 Å². The SMILES string of the molecule is Cc1cccc(C(C(=O)NC(C)(C)C)N(C(=O)C(CS)NC(=O)OC(C)(C)C)C2CCC2)c1O. The highest BCUT2D eigenvalue weighted by atomic mass is 32.1. The number of para-hydroxylation sites is 1. The average Bonchev–Trinajstić information content (AvgIpc) is 2.64. The van der Waals surface area contributed by atoms with Crippen LogP contribution in [0.4, 0.5) is 4.79 Å². The van der Waals surface area contributed by atoms with Crippen LogP contribution >= 0.6 is 12.6 Å². The number of alkyl carbamates (subject to hydrolysis) is 1. The third kappa shape index (κ3) is 7.29. The van der Waals surface area contributed by atoms with E-state index in [0.29, 0.717) is 11.1 Å². The van der Waals surface area contributed by atoms with Gasteiger partial charge in [0.25, 0.3) is 0 Å². The van der Waals surface area contributed by atoms with Gasteiger partial charge < -0.3 is 25.4 Å². The van der Waals surface area contributed by atoms with Crippen LogP contribution in [0.25, 0.3) is 0 Å². The van der Waals surface area contributed by atoms with Crippen molar-refractivity contribution in [3.8, 4) is 5.75 Å². The summed E-state index contributed by atoms with van der Waals surface area (Å²) >= 11 is 4.30.